The summed E-state index contributed by atoms with van der Waals surface area (Å²) >= 11 is 0. The van der Waals surface area contributed by atoms with Crippen molar-refractivity contribution in [3.63, 3.8) is 0 Å². The van der Waals surface area contributed by atoms with Crippen molar-refractivity contribution in [2.24, 2.45) is 0 Å². The van der Waals surface area contributed by atoms with Crippen LogP contribution in [0.2, 0.25) is 0 Å². The smallest absolute Gasteiger partial charge is 0.261 e. The first-order valence-corrected chi connectivity index (χ1v) is 10.4. The van der Waals surface area contributed by atoms with Gasteiger partial charge in [-0.2, -0.15) is 22.1 Å². The van der Waals surface area contributed by atoms with E-state index in [4.69, 9.17) is 0 Å². The Morgan fingerprint density at radius 3 is 2.69 bits per heavy atom. The van der Waals surface area contributed by atoms with E-state index in [-0.39, 0.29) is 12.0 Å². The van der Waals surface area contributed by atoms with Crippen LogP contribution >= 0.6 is 0 Å². The molecule has 1 atom stereocenters. The highest BCUT2D eigenvalue weighted by atomic mass is 32.2. The summed E-state index contributed by atoms with van der Waals surface area (Å²) in [5.74, 6) is 0.177. The Labute approximate surface area is 155 Å². The Bertz CT molecular complexity index is 860. The number of hydrogen-bond acceptors (Lipinski definition) is 4. The van der Waals surface area contributed by atoms with Gasteiger partial charge in [0.25, 0.3) is 10.2 Å². The van der Waals surface area contributed by atoms with Gasteiger partial charge in [-0.1, -0.05) is 0 Å². The second kappa shape index (κ2) is 7.46. The lowest BCUT2D eigenvalue weighted by atomic mass is 9.91. The Hall–Kier alpha value is -1.77. The summed E-state index contributed by atoms with van der Waals surface area (Å²) in [4.78, 5) is 4.51. The molecule has 3 rings (SSSR count). The summed E-state index contributed by atoms with van der Waals surface area (Å²) in [6.07, 6.45) is 5.43. The molecule has 0 amide bonds. The minimum atomic E-state index is -3.38. The van der Waals surface area contributed by atoms with Gasteiger partial charge < -0.3 is 0 Å². The third-order valence-electron chi connectivity index (χ3n) is 4.85. The van der Waals surface area contributed by atoms with Gasteiger partial charge in [0.05, 0.1) is 11.4 Å². The molecule has 0 N–H and O–H groups in total. The molecule has 0 aliphatic carbocycles. The third kappa shape index (κ3) is 3.67. The van der Waals surface area contributed by atoms with Crippen LogP contribution in [-0.2, 0) is 10.2 Å². The third-order valence-corrected chi connectivity index (χ3v) is 6.76. The highest BCUT2D eigenvalue weighted by Crippen LogP contribution is 2.31. The molecule has 0 bridgehead atoms. The van der Waals surface area contributed by atoms with E-state index in [1.807, 2.05) is 23.0 Å². The van der Waals surface area contributed by atoms with Gasteiger partial charge in [-0.15, -0.1) is 0 Å². The number of nitrogens with zero attached hydrogens (tertiary/aromatic N) is 5. The second-order valence-electron chi connectivity index (χ2n) is 7.22. The maximum Gasteiger partial charge on any atom is 0.281 e. The zero-order valence-electron chi connectivity index (χ0n) is 15.8. The Morgan fingerprint density at radius 2 is 2.00 bits per heavy atom. The molecule has 2 aromatic heterocycles. The molecule has 2 aromatic rings. The Morgan fingerprint density at radius 1 is 1.23 bits per heavy atom. The van der Waals surface area contributed by atoms with E-state index >= 15 is 0 Å². The van der Waals surface area contributed by atoms with Crippen molar-refractivity contribution in [1.82, 2.24) is 23.4 Å². The molecule has 26 heavy (non-hydrogen) atoms. The lowest BCUT2D eigenvalue weighted by molar-refractivity contribution is 0.298. The highest BCUT2D eigenvalue weighted by molar-refractivity contribution is 7.86. The van der Waals surface area contributed by atoms with Crippen molar-refractivity contribution >= 4 is 10.2 Å². The topological polar surface area (TPSA) is 71.3 Å². The van der Waals surface area contributed by atoms with E-state index in [0.717, 1.165) is 29.8 Å². The van der Waals surface area contributed by atoms with Gasteiger partial charge in [0.15, 0.2) is 0 Å². The molecule has 1 aliphatic rings. The van der Waals surface area contributed by atoms with Crippen molar-refractivity contribution < 1.29 is 8.42 Å². The van der Waals surface area contributed by atoms with Crippen molar-refractivity contribution in [2.75, 3.05) is 27.2 Å². The second-order valence-corrected chi connectivity index (χ2v) is 9.36. The lowest BCUT2D eigenvalue weighted by Gasteiger charge is -2.33. The largest absolute Gasteiger partial charge is 0.281 e. The molecule has 1 saturated heterocycles. The van der Waals surface area contributed by atoms with Crippen molar-refractivity contribution in [1.29, 1.82) is 0 Å². The molecule has 142 valence electrons. The fourth-order valence-electron chi connectivity index (χ4n) is 3.42. The van der Waals surface area contributed by atoms with E-state index in [2.05, 4.69) is 30.0 Å². The predicted octanol–water partition coefficient (Wildman–Crippen LogP) is 2.51. The van der Waals surface area contributed by atoms with Crippen molar-refractivity contribution in [2.45, 2.75) is 38.6 Å². The van der Waals surface area contributed by atoms with Crippen LogP contribution in [0, 0.1) is 0 Å². The van der Waals surface area contributed by atoms with Crippen molar-refractivity contribution in [3.8, 4) is 11.4 Å². The molecular formula is C18H27N5O2S. The summed E-state index contributed by atoms with van der Waals surface area (Å²) < 4.78 is 29.8. The first-order valence-electron chi connectivity index (χ1n) is 8.98. The molecule has 7 nitrogen and oxygen atoms in total. The summed E-state index contributed by atoms with van der Waals surface area (Å²) in [5, 5.41) is 4.38. The first-order chi connectivity index (χ1) is 12.3. The summed E-state index contributed by atoms with van der Waals surface area (Å²) in [6, 6.07) is 6.29. The van der Waals surface area contributed by atoms with Gasteiger partial charge in [0.2, 0.25) is 0 Å². The number of aromatic nitrogens is 3. The average Bonchev–Trinajstić information content (AvgIpc) is 3.12. The van der Waals surface area contributed by atoms with Gasteiger partial charge in [-0.05, 0) is 56.4 Å². The molecule has 0 aromatic carbocycles. The number of rotatable bonds is 5. The zero-order valence-corrected chi connectivity index (χ0v) is 16.6. The van der Waals surface area contributed by atoms with E-state index in [0.29, 0.717) is 13.1 Å². The molecule has 1 fully saturated rings. The summed E-state index contributed by atoms with van der Waals surface area (Å²) in [5.41, 5.74) is 2.99. The molecule has 0 unspecified atom stereocenters. The zero-order chi connectivity index (χ0) is 18.9. The van der Waals surface area contributed by atoms with Gasteiger partial charge in [0, 0.05) is 45.6 Å². The summed E-state index contributed by atoms with van der Waals surface area (Å²) in [7, 11) is -0.215. The van der Waals surface area contributed by atoms with Crippen LogP contribution in [0.15, 0.2) is 30.6 Å². The number of pyridine rings is 1. The minimum Gasteiger partial charge on any atom is -0.261 e. The van der Waals surface area contributed by atoms with E-state index in [1.54, 1.807) is 24.6 Å². The molecule has 0 saturated carbocycles. The van der Waals surface area contributed by atoms with Gasteiger partial charge in [0.1, 0.15) is 0 Å². The van der Waals surface area contributed by atoms with Gasteiger partial charge in [-0.25, -0.2) is 0 Å². The van der Waals surface area contributed by atoms with Crippen LogP contribution in [0.5, 0.6) is 0 Å². The quantitative estimate of drug-likeness (QED) is 0.803. The molecule has 8 heteroatoms. The van der Waals surface area contributed by atoms with Crippen LogP contribution in [-0.4, -0.2) is 59.0 Å². The Balaban J connectivity index is 1.87. The molecule has 1 aliphatic heterocycles. The summed E-state index contributed by atoms with van der Waals surface area (Å²) in [6.45, 7) is 5.26. The van der Waals surface area contributed by atoms with Crippen LogP contribution in [0.1, 0.15) is 44.2 Å². The normalized spacial score (nSPS) is 19.4. The molecular weight excluding hydrogens is 350 g/mol. The van der Waals surface area contributed by atoms with E-state index in [1.165, 1.54) is 4.31 Å². The fourth-order valence-corrected chi connectivity index (χ4v) is 4.61. The predicted molar refractivity (Wildman–Crippen MR) is 102 cm³/mol. The number of piperidine rings is 1. The molecule has 0 spiro atoms. The first kappa shape index (κ1) is 19.0. The lowest BCUT2D eigenvalue weighted by Crippen LogP contribution is -2.44. The van der Waals surface area contributed by atoms with E-state index < -0.39 is 10.2 Å². The SMILES string of the molecule is CC(C)n1nccc1-c1cc([C@@H]2CCCN(S(=O)(=O)N(C)C)C2)ccn1. The van der Waals surface area contributed by atoms with Crippen LogP contribution in [0.4, 0.5) is 0 Å². The van der Waals surface area contributed by atoms with Gasteiger partial charge >= 0.3 is 0 Å². The van der Waals surface area contributed by atoms with Crippen LogP contribution in [0.25, 0.3) is 11.4 Å². The van der Waals surface area contributed by atoms with Crippen LogP contribution < -0.4 is 0 Å². The highest BCUT2D eigenvalue weighted by Gasteiger charge is 2.31. The standard InChI is InChI=1S/C18H27N5O2S/c1-14(2)23-18(8-10-20-23)17-12-15(7-9-19-17)16-6-5-11-22(13-16)26(24,25)21(3)4/h7-10,12,14,16H,5-6,11,13H2,1-4H3/t16-/m1/s1. The average molecular weight is 378 g/mol. The molecule has 0 radical (unpaired) electrons. The maximum atomic E-state index is 12.5. The molecule has 3 heterocycles. The van der Waals surface area contributed by atoms with Crippen molar-refractivity contribution in [3.05, 3.63) is 36.2 Å². The van der Waals surface area contributed by atoms with Crippen LogP contribution in [0.3, 0.4) is 0 Å². The number of hydrogen-bond donors (Lipinski definition) is 0. The fraction of sp³-hybridized carbons (Fsp3) is 0.556. The minimum absolute atomic E-state index is 0.177. The maximum absolute atomic E-state index is 12.5. The van der Waals surface area contributed by atoms with Gasteiger partial charge in [-0.3, -0.25) is 9.67 Å². The monoisotopic (exact) mass is 377 g/mol. The van der Waals surface area contributed by atoms with E-state index in [9.17, 15) is 8.42 Å². The Kier molecular flexibility index (Phi) is 5.45.